The molecular weight excluding hydrogens is 248 g/mol. The van der Waals surface area contributed by atoms with Gasteiger partial charge in [-0.15, -0.1) is 0 Å². The molecule has 1 aromatic carbocycles. The van der Waals surface area contributed by atoms with Gasteiger partial charge in [0.05, 0.1) is 12.7 Å². The van der Waals surface area contributed by atoms with Crippen LogP contribution < -0.4 is 0 Å². The molecule has 0 unspecified atom stereocenters. The van der Waals surface area contributed by atoms with Crippen LogP contribution in [0.2, 0.25) is 0 Å². The SMILES string of the molecule is COC(=O)c1cc(Br)c(C=O)cc1C. The Balaban J connectivity index is 3.28. The average Bonchev–Trinajstić information content (AvgIpc) is 2.19. The number of esters is 1. The molecule has 0 N–H and O–H groups in total. The van der Waals surface area contributed by atoms with Crippen molar-refractivity contribution in [3.05, 3.63) is 33.3 Å². The Bertz CT molecular complexity index is 385. The maximum atomic E-state index is 11.3. The number of rotatable bonds is 2. The maximum absolute atomic E-state index is 11.3. The molecule has 0 heterocycles. The van der Waals surface area contributed by atoms with E-state index in [4.69, 9.17) is 0 Å². The Morgan fingerprint density at radius 1 is 1.50 bits per heavy atom. The number of halogens is 1. The first-order chi connectivity index (χ1) is 6.60. The summed E-state index contributed by atoms with van der Waals surface area (Å²) in [5, 5.41) is 0. The Morgan fingerprint density at radius 3 is 2.64 bits per heavy atom. The van der Waals surface area contributed by atoms with Gasteiger partial charge in [-0.3, -0.25) is 4.79 Å². The molecule has 1 aromatic rings. The molecule has 0 saturated carbocycles. The molecule has 74 valence electrons. The zero-order valence-electron chi connectivity index (χ0n) is 7.83. The van der Waals surface area contributed by atoms with E-state index < -0.39 is 5.97 Å². The lowest BCUT2D eigenvalue weighted by atomic mass is 10.1. The van der Waals surface area contributed by atoms with Crippen molar-refractivity contribution in [1.82, 2.24) is 0 Å². The van der Waals surface area contributed by atoms with Crippen molar-refractivity contribution in [3.63, 3.8) is 0 Å². The number of carbonyl (C=O) groups excluding carboxylic acids is 2. The zero-order valence-corrected chi connectivity index (χ0v) is 9.42. The van der Waals surface area contributed by atoms with Crippen molar-refractivity contribution < 1.29 is 14.3 Å². The summed E-state index contributed by atoms with van der Waals surface area (Å²) in [6.45, 7) is 1.76. The Labute approximate surface area is 90.2 Å². The van der Waals surface area contributed by atoms with Crippen LogP contribution in [0.15, 0.2) is 16.6 Å². The van der Waals surface area contributed by atoms with E-state index in [0.717, 1.165) is 11.8 Å². The van der Waals surface area contributed by atoms with E-state index >= 15 is 0 Å². The van der Waals surface area contributed by atoms with Crippen molar-refractivity contribution in [2.45, 2.75) is 6.92 Å². The van der Waals surface area contributed by atoms with E-state index in [9.17, 15) is 9.59 Å². The third-order valence-electron chi connectivity index (χ3n) is 1.88. The molecule has 4 heteroatoms. The normalized spacial score (nSPS) is 9.64. The van der Waals surface area contributed by atoms with E-state index in [1.54, 1.807) is 19.1 Å². The van der Waals surface area contributed by atoms with E-state index in [1.165, 1.54) is 7.11 Å². The fourth-order valence-corrected chi connectivity index (χ4v) is 1.56. The van der Waals surface area contributed by atoms with Gasteiger partial charge in [-0.1, -0.05) is 15.9 Å². The second kappa shape index (κ2) is 4.37. The Kier molecular flexibility index (Phi) is 3.41. The molecule has 1 rings (SSSR count). The van der Waals surface area contributed by atoms with Crippen LogP contribution in [0.5, 0.6) is 0 Å². The summed E-state index contributed by atoms with van der Waals surface area (Å²) < 4.78 is 5.19. The summed E-state index contributed by atoms with van der Waals surface area (Å²) in [7, 11) is 1.32. The van der Waals surface area contributed by atoms with Gasteiger partial charge in [0, 0.05) is 10.0 Å². The molecule has 14 heavy (non-hydrogen) atoms. The number of hydrogen-bond acceptors (Lipinski definition) is 3. The fraction of sp³-hybridized carbons (Fsp3) is 0.200. The Hall–Kier alpha value is -1.16. The Morgan fingerprint density at radius 2 is 2.14 bits per heavy atom. The molecular formula is C10H9BrO3. The quantitative estimate of drug-likeness (QED) is 0.603. The summed E-state index contributed by atoms with van der Waals surface area (Å²) in [4.78, 5) is 21.8. The fourth-order valence-electron chi connectivity index (χ4n) is 1.12. The monoisotopic (exact) mass is 256 g/mol. The number of ether oxygens (including phenoxy) is 1. The minimum Gasteiger partial charge on any atom is -0.465 e. The van der Waals surface area contributed by atoms with Crippen LogP contribution in [-0.2, 0) is 4.74 Å². The van der Waals surface area contributed by atoms with Gasteiger partial charge < -0.3 is 4.74 Å². The van der Waals surface area contributed by atoms with Crippen LogP contribution in [0.1, 0.15) is 26.3 Å². The summed E-state index contributed by atoms with van der Waals surface area (Å²) in [5.74, 6) is -0.402. The second-order valence-electron chi connectivity index (χ2n) is 2.80. The lowest BCUT2D eigenvalue weighted by Crippen LogP contribution is -2.04. The molecule has 0 saturated heterocycles. The maximum Gasteiger partial charge on any atom is 0.338 e. The van der Waals surface area contributed by atoms with Gasteiger partial charge in [0.2, 0.25) is 0 Å². The van der Waals surface area contributed by atoms with Crippen LogP contribution in [-0.4, -0.2) is 19.4 Å². The van der Waals surface area contributed by atoms with E-state index in [0.29, 0.717) is 15.6 Å². The second-order valence-corrected chi connectivity index (χ2v) is 3.65. The van der Waals surface area contributed by atoms with Crippen LogP contribution >= 0.6 is 15.9 Å². The lowest BCUT2D eigenvalue weighted by molar-refractivity contribution is 0.0599. The highest BCUT2D eigenvalue weighted by Gasteiger charge is 2.11. The number of carbonyl (C=O) groups is 2. The zero-order chi connectivity index (χ0) is 10.7. The summed E-state index contributed by atoms with van der Waals surface area (Å²) >= 11 is 3.20. The van der Waals surface area contributed by atoms with Crippen molar-refractivity contribution in [2.24, 2.45) is 0 Å². The first-order valence-corrected chi connectivity index (χ1v) is 4.73. The topological polar surface area (TPSA) is 43.4 Å². The molecule has 0 fully saturated rings. The van der Waals surface area contributed by atoms with Gasteiger partial charge in [0.15, 0.2) is 6.29 Å². The molecule has 0 aliphatic heterocycles. The molecule has 0 aliphatic rings. The molecule has 0 amide bonds. The van der Waals surface area contributed by atoms with Crippen LogP contribution in [0.25, 0.3) is 0 Å². The number of aryl methyl sites for hydroxylation is 1. The van der Waals surface area contributed by atoms with E-state index in [-0.39, 0.29) is 0 Å². The predicted molar refractivity (Wildman–Crippen MR) is 55.6 cm³/mol. The van der Waals surface area contributed by atoms with Gasteiger partial charge in [-0.2, -0.15) is 0 Å². The van der Waals surface area contributed by atoms with Gasteiger partial charge in [-0.05, 0) is 24.6 Å². The van der Waals surface area contributed by atoms with Crippen molar-refractivity contribution in [2.75, 3.05) is 7.11 Å². The molecule has 0 aliphatic carbocycles. The first kappa shape index (κ1) is 10.9. The van der Waals surface area contributed by atoms with E-state index in [1.807, 2.05) is 0 Å². The molecule has 0 spiro atoms. The number of aldehydes is 1. The van der Waals surface area contributed by atoms with Crippen molar-refractivity contribution in [3.8, 4) is 0 Å². The molecule has 0 aromatic heterocycles. The number of hydrogen-bond donors (Lipinski definition) is 0. The summed E-state index contributed by atoms with van der Waals surface area (Å²) in [6, 6.07) is 3.23. The van der Waals surface area contributed by atoms with Gasteiger partial charge in [0.25, 0.3) is 0 Å². The smallest absolute Gasteiger partial charge is 0.338 e. The summed E-state index contributed by atoms with van der Waals surface area (Å²) in [6.07, 6.45) is 0.734. The van der Waals surface area contributed by atoms with Crippen LogP contribution in [0.4, 0.5) is 0 Å². The molecule has 0 bridgehead atoms. The number of benzene rings is 1. The highest BCUT2D eigenvalue weighted by Crippen LogP contribution is 2.21. The average molecular weight is 257 g/mol. The highest BCUT2D eigenvalue weighted by atomic mass is 79.9. The van der Waals surface area contributed by atoms with Crippen LogP contribution in [0, 0.1) is 6.92 Å². The molecule has 0 radical (unpaired) electrons. The molecule has 0 atom stereocenters. The van der Waals surface area contributed by atoms with Crippen molar-refractivity contribution >= 4 is 28.2 Å². The van der Waals surface area contributed by atoms with E-state index in [2.05, 4.69) is 20.7 Å². The minimum atomic E-state index is -0.402. The van der Waals surface area contributed by atoms with Gasteiger partial charge >= 0.3 is 5.97 Å². The first-order valence-electron chi connectivity index (χ1n) is 3.93. The summed E-state index contributed by atoms with van der Waals surface area (Å²) in [5.41, 5.74) is 1.71. The standard InChI is InChI=1S/C10H9BrO3/c1-6-3-7(5-12)9(11)4-8(6)10(13)14-2/h3-5H,1-2H3. The number of methoxy groups -OCH3 is 1. The third-order valence-corrected chi connectivity index (χ3v) is 2.56. The largest absolute Gasteiger partial charge is 0.465 e. The van der Waals surface area contributed by atoms with Gasteiger partial charge in [-0.25, -0.2) is 4.79 Å². The van der Waals surface area contributed by atoms with Gasteiger partial charge in [0.1, 0.15) is 0 Å². The third kappa shape index (κ3) is 2.01. The highest BCUT2D eigenvalue weighted by molar-refractivity contribution is 9.10. The van der Waals surface area contributed by atoms with Crippen molar-refractivity contribution in [1.29, 1.82) is 0 Å². The minimum absolute atomic E-state index is 0.402. The van der Waals surface area contributed by atoms with Crippen LogP contribution in [0.3, 0.4) is 0 Å². The lowest BCUT2D eigenvalue weighted by Gasteiger charge is -2.05. The molecule has 3 nitrogen and oxygen atoms in total. The predicted octanol–water partition coefficient (Wildman–Crippen LogP) is 2.36.